The molecule has 0 aliphatic carbocycles. The molecule has 98 valence electrons. The van der Waals surface area contributed by atoms with Gasteiger partial charge in [-0.3, -0.25) is 4.90 Å². The summed E-state index contributed by atoms with van der Waals surface area (Å²) >= 11 is 0. The lowest BCUT2D eigenvalue weighted by Gasteiger charge is -2.36. The van der Waals surface area contributed by atoms with Crippen molar-refractivity contribution in [1.82, 2.24) is 10.2 Å². The molecule has 18 heavy (non-hydrogen) atoms. The minimum Gasteiger partial charge on any atom is -0.508 e. The van der Waals surface area contributed by atoms with Gasteiger partial charge in [0.15, 0.2) is 0 Å². The van der Waals surface area contributed by atoms with Gasteiger partial charge in [-0.1, -0.05) is 0 Å². The highest BCUT2D eigenvalue weighted by atomic mass is 16.5. The van der Waals surface area contributed by atoms with Crippen molar-refractivity contribution < 1.29 is 9.84 Å². The van der Waals surface area contributed by atoms with Crippen molar-refractivity contribution in [2.75, 3.05) is 26.7 Å². The molecule has 0 aromatic heterocycles. The number of nitrogens with zero attached hydrogens (tertiary/aromatic N) is 1. The van der Waals surface area contributed by atoms with Crippen molar-refractivity contribution in [3.8, 4) is 11.5 Å². The second kappa shape index (κ2) is 4.78. The summed E-state index contributed by atoms with van der Waals surface area (Å²) in [6.45, 7) is 2.91. The molecule has 4 heteroatoms. The van der Waals surface area contributed by atoms with E-state index in [0.717, 1.165) is 18.8 Å². The Bertz CT molecular complexity index is 436. The van der Waals surface area contributed by atoms with Crippen LogP contribution in [0.15, 0.2) is 18.2 Å². The average Bonchev–Trinajstić information content (AvgIpc) is 2.81. The predicted molar refractivity (Wildman–Crippen MR) is 70.0 cm³/mol. The number of nitrogens with one attached hydrogen (secondary N) is 1. The van der Waals surface area contributed by atoms with Crippen LogP contribution in [0, 0.1) is 0 Å². The Balaban J connectivity index is 1.79. The molecule has 2 unspecified atom stereocenters. The third-order valence-electron chi connectivity index (χ3n) is 4.05. The van der Waals surface area contributed by atoms with Gasteiger partial charge in [-0.2, -0.15) is 0 Å². The lowest BCUT2D eigenvalue weighted by molar-refractivity contribution is 0.120. The summed E-state index contributed by atoms with van der Waals surface area (Å²) in [4.78, 5) is 2.49. The van der Waals surface area contributed by atoms with Crippen LogP contribution < -0.4 is 10.1 Å². The first-order valence-electron chi connectivity index (χ1n) is 6.65. The van der Waals surface area contributed by atoms with E-state index in [1.54, 1.807) is 12.1 Å². The number of likely N-dealkylation sites (tertiary alicyclic amines) is 1. The molecule has 0 saturated carbocycles. The van der Waals surface area contributed by atoms with Crippen LogP contribution in [0.1, 0.15) is 24.4 Å². The number of aromatic hydroxyl groups is 1. The van der Waals surface area contributed by atoms with Crippen LogP contribution in [0.25, 0.3) is 0 Å². The van der Waals surface area contributed by atoms with Gasteiger partial charge >= 0.3 is 0 Å². The van der Waals surface area contributed by atoms with E-state index in [4.69, 9.17) is 4.74 Å². The Morgan fingerprint density at radius 3 is 3.17 bits per heavy atom. The van der Waals surface area contributed by atoms with E-state index in [1.165, 1.54) is 18.4 Å². The Kier molecular flexibility index (Phi) is 3.14. The van der Waals surface area contributed by atoms with Crippen LogP contribution >= 0.6 is 0 Å². The first kappa shape index (κ1) is 11.8. The normalized spacial score (nSPS) is 27.8. The third kappa shape index (κ3) is 2.06. The molecule has 0 amide bonds. The van der Waals surface area contributed by atoms with E-state index in [-0.39, 0.29) is 5.75 Å². The van der Waals surface area contributed by atoms with E-state index in [9.17, 15) is 5.11 Å². The Morgan fingerprint density at radius 2 is 2.33 bits per heavy atom. The Morgan fingerprint density at radius 1 is 1.44 bits per heavy atom. The van der Waals surface area contributed by atoms with E-state index in [1.807, 2.05) is 13.1 Å². The van der Waals surface area contributed by atoms with Crippen LogP contribution in [0.3, 0.4) is 0 Å². The van der Waals surface area contributed by atoms with Gasteiger partial charge in [0.25, 0.3) is 0 Å². The summed E-state index contributed by atoms with van der Waals surface area (Å²) in [6, 6.07) is 6.39. The molecule has 3 rings (SSSR count). The number of phenols is 1. The summed E-state index contributed by atoms with van der Waals surface area (Å²) in [5.41, 5.74) is 1.21. The first-order valence-corrected chi connectivity index (χ1v) is 6.65. The highest BCUT2D eigenvalue weighted by Crippen LogP contribution is 2.38. The molecule has 0 bridgehead atoms. The predicted octanol–water partition coefficient (Wildman–Crippen LogP) is 1.51. The van der Waals surface area contributed by atoms with Gasteiger partial charge < -0.3 is 15.2 Å². The SMILES string of the molecule is CNC1CCCN(C2COc3cc(O)ccc32)C1. The molecule has 1 saturated heterocycles. The molecule has 4 nitrogen and oxygen atoms in total. The molecule has 0 spiro atoms. The van der Waals surface area contributed by atoms with Gasteiger partial charge in [-0.05, 0) is 38.6 Å². The average molecular weight is 248 g/mol. The summed E-state index contributed by atoms with van der Waals surface area (Å²) in [5.74, 6) is 1.12. The van der Waals surface area contributed by atoms with Crippen molar-refractivity contribution >= 4 is 0 Å². The summed E-state index contributed by atoms with van der Waals surface area (Å²) in [6.07, 6.45) is 2.48. The molecular formula is C14H20N2O2. The van der Waals surface area contributed by atoms with Crippen molar-refractivity contribution in [3.63, 3.8) is 0 Å². The maximum absolute atomic E-state index is 9.47. The van der Waals surface area contributed by atoms with Gasteiger partial charge in [0.1, 0.15) is 18.1 Å². The lowest BCUT2D eigenvalue weighted by Crippen LogP contribution is -2.46. The van der Waals surface area contributed by atoms with Crippen molar-refractivity contribution in [2.24, 2.45) is 0 Å². The molecular weight excluding hydrogens is 228 g/mol. The molecule has 0 radical (unpaired) electrons. The zero-order chi connectivity index (χ0) is 12.5. The van der Waals surface area contributed by atoms with Crippen LogP contribution in [0.5, 0.6) is 11.5 Å². The highest BCUT2D eigenvalue weighted by molar-refractivity contribution is 5.44. The fourth-order valence-corrected chi connectivity index (χ4v) is 3.01. The van der Waals surface area contributed by atoms with Gasteiger partial charge in [0, 0.05) is 24.2 Å². The van der Waals surface area contributed by atoms with Crippen molar-refractivity contribution in [1.29, 1.82) is 0 Å². The van der Waals surface area contributed by atoms with Gasteiger partial charge in [0.05, 0.1) is 6.04 Å². The maximum atomic E-state index is 9.47. The summed E-state index contributed by atoms with van der Waals surface area (Å²) < 4.78 is 5.69. The standard InChI is InChI=1S/C14H20N2O2/c1-15-10-3-2-6-16(8-10)13-9-18-14-7-11(17)4-5-12(13)14/h4-5,7,10,13,15,17H,2-3,6,8-9H2,1H3. The molecule has 2 aliphatic heterocycles. The fraction of sp³-hybridized carbons (Fsp3) is 0.571. The molecule has 1 fully saturated rings. The van der Waals surface area contributed by atoms with E-state index in [0.29, 0.717) is 18.7 Å². The van der Waals surface area contributed by atoms with Crippen LogP contribution in [-0.4, -0.2) is 42.8 Å². The minimum atomic E-state index is 0.279. The number of likely N-dealkylation sites (N-methyl/N-ethyl adjacent to an activating group) is 1. The van der Waals surface area contributed by atoms with Gasteiger partial charge in [-0.25, -0.2) is 0 Å². The van der Waals surface area contributed by atoms with Crippen LogP contribution in [-0.2, 0) is 0 Å². The van der Waals surface area contributed by atoms with E-state index in [2.05, 4.69) is 10.2 Å². The second-order valence-electron chi connectivity index (χ2n) is 5.17. The van der Waals surface area contributed by atoms with E-state index >= 15 is 0 Å². The Hall–Kier alpha value is -1.26. The number of hydrogen-bond donors (Lipinski definition) is 2. The highest BCUT2D eigenvalue weighted by Gasteiger charge is 2.32. The topological polar surface area (TPSA) is 44.7 Å². The van der Waals surface area contributed by atoms with Crippen molar-refractivity contribution in [2.45, 2.75) is 24.9 Å². The molecule has 2 heterocycles. The fourth-order valence-electron chi connectivity index (χ4n) is 3.01. The maximum Gasteiger partial charge on any atom is 0.127 e. The molecule has 2 aliphatic rings. The van der Waals surface area contributed by atoms with Gasteiger partial charge in [0.2, 0.25) is 0 Å². The second-order valence-corrected chi connectivity index (χ2v) is 5.17. The number of fused-ring (bicyclic) bond motifs is 1. The number of rotatable bonds is 2. The van der Waals surface area contributed by atoms with Crippen LogP contribution in [0.2, 0.25) is 0 Å². The summed E-state index contributed by atoms with van der Waals surface area (Å²) in [7, 11) is 2.03. The lowest BCUT2D eigenvalue weighted by atomic mass is 10.0. The monoisotopic (exact) mass is 248 g/mol. The largest absolute Gasteiger partial charge is 0.508 e. The quantitative estimate of drug-likeness (QED) is 0.832. The van der Waals surface area contributed by atoms with Gasteiger partial charge in [-0.15, -0.1) is 0 Å². The zero-order valence-corrected chi connectivity index (χ0v) is 10.7. The number of piperidine rings is 1. The minimum absolute atomic E-state index is 0.279. The number of ether oxygens (including phenoxy) is 1. The molecule has 2 atom stereocenters. The Labute approximate surface area is 108 Å². The van der Waals surface area contributed by atoms with Crippen LogP contribution in [0.4, 0.5) is 0 Å². The molecule has 2 N–H and O–H groups in total. The number of hydrogen-bond acceptors (Lipinski definition) is 4. The molecule has 1 aromatic carbocycles. The number of phenolic OH excluding ortho intramolecular Hbond substituents is 1. The number of benzene rings is 1. The third-order valence-corrected chi connectivity index (χ3v) is 4.05. The van der Waals surface area contributed by atoms with Crippen molar-refractivity contribution in [3.05, 3.63) is 23.8 Å². The first-order chi connectivity index (χ1) is 8.78. The zero-order valence-electron chi connectivity index (χ0n) is 10.7. The van der Waals surface area contributed by atoms with E-state index < -0.39 is 0 Å². The molecule has 1 aromatic rings. The smallest absolute Gasteiger partial charge is 0.127 e. The summed E-state index contributed by atoms with van der Waals surface area (Å²) in [5, 5.41) is 12.8.